The molecule has 15 rings (SSSR count). The van der Waals surface area contributed by atoms with Crippen molar-refractivity contribution in [2.75, 3.05) is 0 Å². The molecule has 0 nitrogen and oxygen atoms in total. The van der Waals surface area contributed by atoms with E-state index in [1.54, 1.807) is 0 Å². The Morgan fingerprint density at radius 3 is 0.955 bits per heavy atom. The summed E-state index contributed by atoms with van der Waals surface area (Å²) in [7, 11) is 0. The van der Waals surface area contributed by atoms with Gasteiger partial charge in [0.25, 0.3) is 0 Å². The molecule has 0 amide bonds. The Hall–Kier alpha value is -6.30. The molecule has 0 bridgehead atoms. The molecule has 0 saturated carbocycles. The fourth-order valence-corrected chi connectivity index (χ4v) is 27.1. The zero-order valence-corrected chi connectivity index (χ0v) is 73.3. The zero-order valence-electron chi connectivity index (χ0n) is 66.8. The van der Waals surface area contributed by atoms with Gasteiger partial charge in [-0.15, -0.1) is 90.7 Å². The van der Waals surface area contributed by atoms with E-state index in [1.165, 1.54) is 334 Å². The average Bonchev–Trinajstić information content (AvgIpc) is 1.50. The Morgan fingerprint density at radius 1 is 0.218 bits per heavy atom. The lowest BCUT2D eigenvalue weighted by Crippen LogP contribution is -2.30. The fraction of sp³-hybridized carbons (Fsp3) is 0.392. The summed E-state index contributed by atoms with van der Waals surface area (Å²) in [5.74, 6) is 0. The summed E-state index contributed by atoms with van der Waals surface area (Å²) in [6, 6.07) is 75.8. The molecular weight excluding hydrogens is 1480 g/mol. The first-order chi connectivity index (χ1) is 54.1. The molecule has 0 atom stereocenters. The molecule has 2 aliphatic rings. The molecule has 0 unspecified atom stereocenters. The molecular formula is C102H114S8. The summed E-state index contributed by atoms with van der Waals surface area (Å²) >= 11 is 16.1. The highest BCUT2D eigenvalue weighted by Gasteiger charge is 2.53. The maximum atomic E-state index is 2.78. The molecule has 8 aromatic heterocycles. The molecule has 0 N–H and O–H groups in total. The van der Waals surface area contributed by atoms with E-state index in [1.807, 2.05) is 79.4 Å². The predicted molar refractivity (Wildman–Crippen MR) is 493 cm³/mol. The van der Waals surface area contributed by atoms with Crippen molar-refractivity contribution < 1.29 is 0 Å². The number of rotatable bonds is 40. The summed E-state index contributed by atoms with van der Waals surface area (Å²) in [6.07, 6.45) is 37.4. The molecule has 2 aliphatic carbocycles. The SMILES string of the molecule is CCCCCCc1ccc(C2(c3ccc(CCCCCC)cc3)c3cc4c(cc3-c3sc(C)cc32)C(c2ccc(CCCCCC)cc2)(c2ccc(CCCCCC)cc2)c2cc(-c3sc(-c5cc(-c6ccc(-c7ccc(CCCCCC)s7)s6)c(C)s5)cc3-c3ccc(-c5ccc(CCCCCC)s5)s3)sc2-4)cc1. The summed E-state index contributed by atoms with van der Waals surface area (Å²) in [5.41, 5.74) is 21.3. The second-order valence-electron chi connectivity index (χ2n) is 31.8. The highest BCUT2D eigenvalue weighted by atomic mass is 32.1. The lowest BCUT2D eigenvalue weighted by molar-refractivity contribution is 0.666. The van der Waals surface area contributed by atoms with Crippen molar-refractivity contribution in [2.24, 2.45) is 0 Å². The van der Waals surface area contributed by atoms with Crippen molar-refractivity contribution in [2.45, 2.75) is 259 Å². The van der Waals surface area contributed by atoms with Gasteiger partial charge in [-0.2, -0.15) is 0 Å². The van der Waals surface area contributed by atoms with E-state index >= 15 is 0 Å². The normalized spacial score (nSPS) is 13.2. The number of aryl methyl sites for hydroxylation is 8. The van der Waals surface area contributed by atoms with E-state index in [0.717, 1.165) is 25.7 Å². The summed E-state index contributed by atoms with van der Waals surface area (Å²) in [5, 5.41) is 0. The minimum atomic E-state index is -0.616. The topological polar surface area (TPSA) is 0 Å². The van der Waals surface area contributed by atoms with Gasteiger partial charge in [-0.25, -0.2) is 0 Å². The first kappa shape index (κ1) is 79.0. The number of unbranched alkanes of at least 4 members (excludes halogenated alkanes) is 18. The summed E-state index contributed by atoms with van der Waals surface area (Å²) in [4.78, 5) is 22.3. The zero-order chi connectivity index (χ0) is 75.6. The van der Waals surface area contributed by atoms with Crippen LogP contribution in [0.2, 0.25) is 0 Å². The maximum absolute atomic E-state index is 2.78. The van der Waals surface area contributed by atoms with Crippen LogP contribution in [-0.4, -0.2) is 0 Å². The van der Waals surface area contributed by atoms with Gasteiger partial charge in [-0.05, 0) is 254 Å². The van der Waals surface area contributed by atoms with Crippen molar-refractivity contribution in [3.05, 3.63) is 268 Å². The number of benzene rings is 5. The third-order valence-corrected chi connectivity index (χ3v) is 33.6. The van der Waals surface area contributed by atoms with Crippen LogP contribution in [0.25, 0.3) is 80.8 Å². The van der Waals surface area contributed by atoms with Crippen LogP contribution in [0.1, 0.15) is 282 Å². The molecule has 110 heavy (non-hydrogen) atoms. The van der Waals surface area contributed by atoms with Crippen LogP contribution < -0.4 is 0 Å². The van der Waals surface area contributed by atoms with Crippen LogP contribution in [0.3, 0.4) is 0 Å². The van der Waals surface area contributed by atoms with Crippen LogP contribution >= 0.6 is 90.7 Å². The van der Waals surface area contributed by atoms with Crippen molar-refractivity contribution in [1.29, 1.82) is 0 Å². The largest absolute Gasteiger partial charge is 0.140 e. The average molecular weight is 1600 g/mol. The van der Waals surface area contributed by atoms with Crippen LogP contribution in [0, 0.1) is 13.8 Å². The van der Waals surface area contributed by atoms with Gasteiger partial charge < -0.3 is 0 Å². The predicted octanol–water partition coefficient (Wildman–Crippen LogP) is 34.3. The molecule has 570 valence electrons. The number of thiophene rings is 8. The quantitative estimate of drug-likeness (QED) is 0.0336. The van der Waals surface area contributed by atoms with Crippen LogP contribution in [0.15, 0.2) is 182 Å². The Labute approximate surface area is 692 Å². The fourth-order valence-electron chi connectivity index (χ4n) is 17.8. The summed E-state index contributed by atoms with van der Waals surface area (Å²) in [6.45, 7) is 18.7. The number of hydrogen-bond donors (Lipinski definition) is 0. The van der Waals surface area contributed by atoms with E-state index in [4.69, 9.17) is 0 Å². The summed E-state index contributed by atoms with van der Waals surface area (Å²) < 4.78 is 0. The Morgan fingerprint density at radius 2 is 0.545 bits per heavy atom. The molecule has 0 aliphatic heterocycles. The minimum Gasteiger partial charge on any atom is -0.140 e. The maximum Gasteiger partial charge on any atom is 0.0722 e. The number of hydrogen-bond acceptors (Lipinski definition) is 8. The van der Waals surface area contributed by atoms with Crippen molar-refractivity contribution in [3.63, 3.8) is 0 Å². The first-order valence-electron chi connectivity index (χ1n) is 42.5. The molecule has 13 aromatic rings. The van der Waals surface area contributed by atoms with E-state index in [2.05, 4.69) is 249 Å². The van der Waals surface area contributed by atoms with E-state index < -0.39 is 10.8 Å². The third kappa shape index (κ3) is 16.5. The first-order valence-corrected chi connectivity index (χ1v) is 49.1. The van der Waals surface area contributed by atoms with Gasteiger partial charge in [0.05, 0.1) is 15.7 Å². The lowest BCUT2D eigenvalue weighted by atomic mass is 9.65. The monoisotopic (exact) mass is 1590 g/mol. The van der Waals surface area contributed by atoms with E-state index in [0.29, 0.717) is 0 Å². The standard InChI is InChI=1S/C102H114S8/c1-9-15-21-27-33-71-39-47-75(48-40-71)101(76-49-41-72(42-50-76)34-28-22-16-10-2)85-65-83-86(64-82(85)98-87(101)63-69(7)103-98)102(77-51-43-73(44-52-77)35-29-23-17-11-3,78-53-45-74(46-54-78)36-30-24-18-12-4)88-68-97(110-99(83)88)100-84(90-60-62-94(108-90)92-58-56-80(106-92)38-32-26-20-14-6)67-96(109-100)95-66-81(70(8)104-95)89-59-61-93(107-89)91-57-55-79(105-91)37-31-25-19-13-5/h39-68H,9-38H2,1-8H3. The van der Waals surface area contributed by atoms with Gasteiger partial charge in [-0.1, -0.05) is 254 Å². The van der Waals surface area contributed by atoms with Gasteiger partial charge >= 0.3 is 0 Å². The highest BCUT2D eigenvalue weighted by Crippen LogP contribution is 2.67. The van der Waals surface area contributed by atoms with Crippen LogP contribution in [0.5, 0.6) is 0 Å². The van der Waals surface area contributed by atoms with E-state index in [9.17, 15) is 0 Å². The third-order valence-electron chi connectivity index (χ3n) is 23.9. The highest BCUT2D eigenvalue weighted by molar-refractivity contribution is 7.29. The van der Waals surface area contributed by atoms with Gasteiger partial charge in [0.15, 0.2) is 0 Å². The Bertz CT molecular complexity index is 5010. The van der Waals surface area contributed by atoms with Crippen molar-refractivity contribution in [3.8, 4) is 80.8 Å². The molecule has 0 spiro atoms. The second kappa shape index (κ2) is 36.9. The van der Waals surface area contributed by atoms with Gasteiger partial charge in [0.2, 0.25) is 0 Å². The van der Waals surface area contributed by atoms with Crippen LogP contribution in [0.4, 0.5) is 0 Å². The molecule has 0 radical (unpaired) electrons. The second-order valence-corrected chi connectivity index (χ2v) is 41.0. The van der Waals surface area contributed by atoms with Crippen LogP contribution in [-0.2, 0) is 49.4 Å². The van der Waals surface area contributed by atoms with Crippen molar-refractivity contribution in [1.82, 2.24) is 0 Å². The van der Waals surface area contributed by atoms with E-state index in [-0.39, 0.29) is 0 Å². The Kier molecular flexibility index (Phi) is 26.5. The molecule has 8 heteroatoms. The number of fused-ring (bicyclic) bond motifs is 6. The Balaban J connectivity index is 0.931. The smallest absolute Gasteiger partial charge is 0.0722 e. The van der Waals surface area contributed by atoms with Gasteiger partial charge in [0, 0.05) is 84.3 Å². The molecule has 0 saturated heterocycles. The molecule has 8 heterocycles. The van der Waals surface area contributed by atoms with Gasteiger partial charge in [0.1, 0.15) is 0 Å². The minimum absolute atomic E-state index is 0.537. The molecule has 0 fully saturated rings. The lowest BCUT2D eigenvalue weighted by Gasteiger charge is -2.35. The molecule has 5 aromatic carbocycles. The van der Waals surface area contributed by atoms with Gasteiger partial charge in [-0.3, -0.25) is 0 Å². The van der Waals surface area contributed by atoms with Crippen molar-refractivity contribution >= 4 is 90.7 Å².